The molecule has 0 amide bonds. The fourth-order valence-electron chi connectivity index (χ4n) is 0.313. The molecule has 0 atom stereocenters. The van der Waals surface area contributed by atoms with Gasteiger partial charge in [0.15, 0.2) is 0 Å². The zero-order valence-corrected chi connectivity index (χ0v) is 5.16. The lowest BCUT2D eigenvalue weighted by Gasteiger charge is -1.96. The predicted octanol–water partition coefficient (Wildman–Crippen LogP) is -1.92. The van der Waals surface area contributed by atoms with Crippen LogP contribution >= 0.6 is 0 Å². The zero-order chi connectivity index (χ0) is 7.98. The van der Waals surface area contributed by atoms with Crippen molar-refractivity contribution in [1.29, 1.82) is 0 Å². The molecule has 0 bridgehead atoms. The van der Waals surface area contributed by atoms with E-state index in [1.165, 1.54) is 0 Å². The van der Waals surface area contributed by atoms with E-state index in [1.807, 2.05) is 0 Å². The molecule has 6 heteroatoms. The van der Waals surface area contributed by atoms with Crippen molar-refractivity contribution in [3.8, 4) is 0 Å². The summed E-state index contributed by atoms with van der Waals surface area (Å²) in [6, 6.07) is 0. The summed E-state index contributed by atoms with van der Waals surface area (Å²) in [6.07, 6.45) is 0. The molecule has 4 N–H and O–H groups in total. The predicted molar refractivity (Wildman–Crippen MR) is 30.8 cm³/mol. The monoisotopic (exact) mass is 148 g/mol. The summed E-state index contributed by atoms with van der Waals surface area (Å²) >= 11 is 0. The lowest BCUT2D eigenvalue weighted by Crippen LogP contribution is -2.30. The molecule has 0 aromatic heterocycles. The number of nitrogens with two attached hydrogens (primary N) is 1. The third kappa shape index (κ3) is 5.01. The number of aliphatic carboxylic acids is 1. The van der Waals surface area contributed by atoms with Crippen LogP contribution in [0.15, 0.2) is 0 Å². The summed E-state index contributed by atoms with van der Waals surface area (Å²) in [6.45, 7) is -0.474. The Kier molecular flexibility index (Phi) is 4.17. The van der Waals surface area contributed by atoms with E-state index in [0.29, 0.717) is 0 Å². The molecule has 0 fully saturated rings. The molecule has 0 heterocycles. The first-order valence-corrected chi connectivity index (χ1v) is 2.49. The highest BCUT2D eigenvalue weighted by atomic mass is 16.7. The smallest absolute Gasteiger partial charge is 0.338 e. The van der Waals surface area contributed by atoms with Gasteiger partial charge >= 0.3 is 11.9 Å². The van der Waals surface area contributed by atoms with Crippen molar-refractivity contribution >= 4 is 11.9 Å². The zero-order valence-electron chi connectivity index (χ0n) is 5.16. The average Bonchev–Trinajstić information content (AvgIpc) is 1.87. The number of hydrogen-bond donors (Lipinski definition) is 3. The molecule has 6 nitrogen and oxygen atoms in total. The molecule has 0 rings (SSSR count). The summed E-state index contributed by atoms with van der Waals surface area (Å²) in [5, 5.41) is 10.3. The number of carboxylic acids is 1. The Labute approximate surface area is 56.9 Å². The van der Waals surface area contributed by atoms with Gasteiger partial charge in [-0.3, -0.25) is 10.1 Å². The van der Waals surface area contributed by atoms with Gasteiger partial charge in [0.05, 0.1) is 13.1 Å². The normalized spacial score (nSPS) is 8.90. The minimum absolute atomic E-state index is 0.192. The largest absolute Gasteiger partial charge is 0.480 e. The van der Waals surface area contributed by atoms with E-state index in [2.05, 4.69) is 16.1 Å². The maximum atomic E-state index is 10.2. The Bertz CT molecular complexity index is 135. The summed E-state index contributed by atoms with van der Waals surface area (Å²) < 4.78 is 0. The molecular formula is C4H8N2O4. The van der Waals surface area contributed by atoms with Crippen LogP contribution in [0.4, 0.5) is 0 Å². The van der Waals surface area contributed by atoms with Crippen LogP contribution < -0.4 is 11.2 Å². The van der Waals surface area contributed by atoms with Crippen molar-refractivity contribution in [3.63, 3.8) is 0 Å². The Morgan fingerprint density at radius 3 is 2.50 bits per heavy atom. The number of carboxylic acid groups (broad SMARTS) is 1. The molecule has 0 aromatic carbocycles. The second kappa shape index (κ2) is 4.71. The molecule has 0 radical (unpaired) electrons. The van der Waals surface area contributed by atoms with Crippen LogP contribution in [0.3, 0.4) is 0 Å². The van der Waals surface area contributed by atoms with Gasteiger partial charge in [0, 0.05) is 0 Å². The van der Waals surface area contributed by atoms with Crippen LogP contribution in [0.2, 0.25) is 0 Å². The summed E-state index contributed by atoms with van der Waals surface area (Å²) in [5.74, 6) is 2.72. The molecule has 0 saturated heterocycles. The fourth-order valence-corrected chi connectivity index (χ4v) is 0.313. The quantitative estimate of drug-likeness (QED) is 0.401. The molecule has 0 aromatic rings. The molecule has 0 spiro atoms. The lowest BCUT2D eigenvalue weighted by atomic mass is 10.6. The average molecular weight is 148 g/mol. The Morgan fingerprint density at radius 1 is 1.50 bits per heavy atom. The highest BCUT2D eigenvalue weighted by Gasteiger charge is 2.00. The van der Waals surface area contributed by atoms with E-state index < -0.39 is 11.9 Å². The van der Waals surface area contributed by atoms with Crippen LogP contribution in [0.25, 0.3) is 0 Å². The number of carbonyl (C=O) groups excluding carboxylic acids is 1. The molecule has 0 saturated carbocycles. The standard InChI is InChI=1S/C4H8N2O4/c5-10-4(9)2-6-1-3(7)8/h6H,1-2,5H2,(H,7,8). The van der Waals surface area contributed by atoms with Crippen molar-refractivity contribution in [3.05, 3.63) is 0 Å². The van der Waals surface area contributed by atoms with Crippen LogP contribution in [-0.2, 0) is 14.4 Å². The van der Waals surface area contributed by atoms with Gasteiger partial charge in [-0.2, -0.15) is 5.90 Å². The van der Waals surface area contributed by atoms with E-state index in [1.54, 1.807) is 0 Å². The number of nitrogens with one attached hydrogen (secondary N) is 1. The van der Waals surface area contributed by atoms with Crippen molar-refractivity contribution in [1.82, 2.24) is 5.32 Å². The molecule has 0 aliphatic heterocycles. The second-order valence-corrected chi connectivity index (χ2v) is 1.49. The topological polar surface area (TPSA) is 102 Å². The number of hydrogen-bond acceptors (Lipinski definition) is 5. The van der Waals surface area contributed by atoms with Crippen LogP contribution in [0, 0.1) is 0 Å². The fraction of sp³-hybridized carbons (Fsp3) is 0.500. The van der Waals surface area contributed by atoms with Crippen molar-refractivity contribution < 1.29 is 19.5 Å². The molecule has 0 aliphatic rings. The van der Waals surface area contributed by atoms with Crippen molar-refractivity contribution in [2.45, 2.75) is 0 Å². The van der Waals surface area contributed by atoms with Gasteiger partial charge in [-0.1, -0.05) is 0 Å². The first-order valence-electron chi connectivity index (χ1n) is 2.49. The minimum Gasteiger partial charge on any atom is -0.480 e. The third-order valence-corrected chi connectivity index (χ3v) is 0.677. The van der Waals surface area contributed by atoms with Gasteiger partial charge in [0.2, 0.25) is 0 Å². The van der Waals surface area contributed by atoms with Gasteiger partial charge < -0.3 is 9.94 Å². The van der Waals surface area contributed by atoms with E-state index in [4.69, 9.17) is 5.11 Å². The summed E-state index contributed by atoms with van der Waals surface area (Å²) in [7, 11) is 0. The Balaban J connectivity index is 3.20. The number of carbonyl (C=O) groups is 2. The van der Waals surface area contributed by atoms with E-state index in [0.717, 1.165) is 0 Å². The van der Waals surface area contributed by atoms with Crippen molar-refractivity contribution in [2.75, 3.05) is 13.1 Å². The van der Waals surface area contributed by atoms with E-state index in [-0.39, 0.29) is 13.1 Å². The van der Waals surface area contributed by atoms with E-state index >= 15 is 0 Å². The van der Waals surface area contributed by atoms with Crippen molar-refractivity contribution in [2.24, 2.45) is 5.90 Å². The Hall–Kier alpha value is -1.14. The summed E-state index contributed by atoms with van der Waals surface area (Å²) in [5.41, 5.74) is 0. The van der Waals surface area contributed by atoms with E-state index in [9.17, 15) is 9.59 Å². The van der Waals surface area contributed by atoms with Crippen LogP contribution in [0.1, 0.15) is 0 Å². The molecule has 58 valence electrons. The van der Waals surface area contributed by atoms with Gasteiger partial charge in [-0.25, -0.2) is 4.79 Å². The third-order valence-electron chi connectivity index (χ3n) is 0.677. The highest BCUT2D eigenvalue weighted by Crippen LogP contribution is 1.66. The summed E-state index contributed by atoms with van der Waals surface area (Å²) in [4.78, 5) is 23.8. The van der Waals surface area contributed by atoms with Gasteiger partial charge in [0.1, 0.15) is 0 Å². The Morgan fingerprint density at radius 2 is 2.10 bits per heavy atom. The minimum atomic E-state index is -1.04. The van der Waals surface area contributed by atoms with Gasteiger partial charge in [-0.15, -0.1) is 0 Å². The number of rotatable bonds is 4. The first kappa shape index (κ1) is 8.86. The highest BCUT2D eigenvalue weighted by molar-refractivity contribution is 5.73. The van der Waals surface area contributed by atoms with Gasteiger partial charge in [0.25, 0.3) is 0 Å². The maximum absolute atomic E-state index is 10.2. The second-order valence-electron chi connectivity index (χ2n) is 1.49. The molecule has 0 unspecified atom stereocenters. The maximum Gasteiger partial charge on any atom is 0.338 e. The molecule has 0 aliphatic carbocycles. The SMILES string of the molecule is NOC(=O)CNCC(=O)O. The van der Waals surface area contributed by atoms with Gasteiger partial charge in [-0.05, 0) is 0 Å². The first-order chi connectivity index (χ1) is 4.66. The molecule has 10 heavy (non-hydrogen) atoms. The molecular weight excluding hydrogens is 140 g/mol. The van der Waals surface area contributed by atoms with Crippen LogP contribution in [0.5, 0.6) is 0 Å². The van der Waals surface area contributed by atoms with Crippen LogP contribution in [-0.4, -0.2) is 30.1 Å². The lowest BCUT2D eigenvalue weighted by molar-refractivity contribution is -0.143.